The Morgan fingerprint density at radius 1 is 1.00 bits per heavy atom. The van der Waals surface area contributed by atoms with E-state index in [2.05, 4.69) is 20.1 Å². The predicted octanol–water partition coefficient (Wildman–Crippen LogP) is 3.81. The zero-order valence-corrected chi connectivity index (χ0v) is 13.6. The highest BCUT2D eigenvalue weighted by atomic mass is 35.5. The van der Waals surface area contributed by atoms with Crippen molar-refractivity contribution in [1.82, 2.24) is 20.1 Å². The van der Waals surface area contributed by atoms with Crippen LogP contribution in [0.3, 0.4) is 0 Å². The van der Waals surface area contributed by atoms with Crippen molar-refractivity contribution in [2.24, 2.45) is 0 Å². The summed E-state index contributed by atoms with van der Waals surface area (Å²) >= 11 is 5.97. The van der Waals surface area contributed by atoms with Gasteiger partial charge < -0.3 is 9.51 Å². The molecule has 0 fully saturated rings. The number of hydrogen-bond acceptors (Lipinski definition) is 5. The van der Waals surface area contributed by atoms with Gasteiger partial charge in [-0.2, -0.15) is 4.98 Å². The zero-order valence-electron chi connectivity index (χ0n) is 12.8. The smallest absolute Gasteiger partial charge is 0.265 e. The topological polar surface area (TPSA) is 84.7 Å². The first-order valence-electron chi connectivity index (χ1n) is 7.45. The lowest BCUT2D eigenvalue weighted by Crippen LogP contribution is -2.11. The molecule has 2 aromatic carbocycles. The number of halogens is 1. The lowest BCUT2D eigenvalue weighted by molar-refractivity contribution is 0.431. The van der Waals surface area contributed by atoms with Gasteiger partial charge in [-0.15, -0.1) is 0 Å². The average Bonchev–Trinajstić information content (AvgIpc) is 3.12. The summed E-state index contributed by atoms with van der Waals surface area (Å²) in [5, 5.41) is 4.47. The molecule has 122 valence electrons. The number of nitrogens with zero attached hydrogens (tertiary/aromatic N) is 3. The van der Waals surface area contributed by atoms with Crippen molar-refractivity contribution >= 4 is 11.6 Å². The standard InChI is InChI=1S/C18H11ClN4O2/c19-13-8-4-7-12(9-13)16-22-18(25-23-16)14-10-20-15(21-17(14)24)11-5-2-1-3-6-11/h1-10H,(H,20,21,24). The molecule has 6 nitrogen and oxygen atoms in total. The molecule has 0 atom stereocenters. The first-order valence-corrected chi connectivity index (χ1v) is 7.83. The average molecular weight is 351 g/mol. The Hall–Kier alpha value is -3.25. The van der Waals surface area contributed by atoms with E-state index in [9.17, 15) is 4.79 Å². The Labute approximate surface area is 147 Å². The third-order valence-corrected chi connectivity index (χ3v) is 3.82. The maximum atomic E-state index is 12.4. The Kier molecular flexibility index (Phi) is 3.87. The maximum Gasteiger partial charge on any atom is 0.265 e. The Morgan fingerprint density at radius 2 is 1.80 bits per heavy atom. The molecule has 2 aromatic heterocycles. The molecule has 2 heterocycles. The van der Waals surface area contributed by atoms with Crippen LogP contribution < -0.4 is 5.56 Å². The second kappa shape index (κ2) is 6.33. The van der Waals surface area contributed by atoms with Crippen molar-refractivity contribution in [3.05, 3.63) is 76.2 Å². The van der Waals surface area contributed by atoms with Crippen LogP contribution in [-0.2, 0) is 0 Å². The van der Waals surface area contributed by atoms with Crippen LogP contribution in [0.2, 0.25) is 5.02 Å². The predicted molar refractivity (Wildman–Crippen MR) is 94.0 cm³/mol. The molecular weight excluding hydrogens is 340 g/mol. The van der Waals surface area contributed by atoms with Crippen LogP contribution >= 0.6 is 11.6 Å². The van der Waals surface area contributed by atoms with E-state index in [-0.39, 0.29) is 17.0 Å². The number of aromatic nitrogens is 4. The molecule has 0 bridgehead atoms. The van der Waals surface area contributed by atoms with Crippen molar-refractivity contribution in [3.63, 3.8) is 0 Å². The molecule has 0 radical (unpaired) electrons. The molecule has 4 aromatic rings. The number of H-pyrrole nitrogens is 1. The van der Waals surface area contributed by atoms with Gasteiger partial charge in [-0.05, 0) is 12.1 Å². The molecule has 0 saturated heterocycles. The largest absolute Gasteiger partial charge is 0.333 e. The van der Waals surface area contributed by atoms with Crippen molar-refractivity contribution in [2.45, 2.75) is 0 Å². The SMILES string of the molecule is O=c1[nH]c(-c2ccccc2)ncc1-c1nc(-c2cccc(Cl)c2)no1. The van der Waals surface area contributed by atoms with Crippen LogP contribution in [0.15, 0.2) is 70.1 Å². The van der Waals surface area contributed by atoms with E-state index in [0.717, 1.165) is 5.56 Å². The van der Waals surface area contributed by atoms with E-state index in [0.29, 0.717) is 22.2 Å². The van der Waals surface area contributed by atoms with E-state index in [4.69, 9.17) is 16.1 Å². The Balaban J connectivity index is 1.70. The van der Waals surface area contributed by atoms with Crippen LogP contribution in [0.25, 0.3) is 34.2 Å². The molecule has 0 aliphatic carbocycles. The van der Waals surface area contributed by atoms with Gasteiger partial charge in [0.25, 0.3) is 11.4 Å². The van der Waals surface area contributed by atoms with Gasteiger partial charge in [0, 0.05) is 22.3 Å². The minimum absolute atomic E-state index is 0.100. The quantitative estimate of drug-likeness (QED) is 0.607. The summed E-state index contributed by atoms with van der Waals surface area (Å²) < 4.78 is 5.21. The molecule has 0 spiro atoms. The number of aromatic amines is 1. The molecule has 4 rings (SSSR count). The second-order valence-corrected chi connectivity index (χ2v) is 5.71. The van der Waals surface area contributed by atoms with Crippen LogP contribution in [0.5, 0.6) is 0 Å². The number of benzene rings is 2. The zero-order chi connectivity index (χ0) is 17.2. The summed E-state index contributed by atoms with van der Waals surface area (Å²) in [6.45, 7) is 0. The third-order valence-electron chi connectivity index (χ3n) is 3.59. The first-order chi connectivity index (χ1) is 12.2. The van der Waals surface area contributed by atoms with Gasteiger partial charge in [-0.1, -0.05) is 59.2 Å². The highest BCUT2D eigenvalue weighted by Gasteiger charge is 2.15. The summed E-state index contributed by atoms with van der Waals surface area (Å²) in [5.41, 5.74) is 1.37. The first kappa shape index (κ1) is 15.3. The van der Waals surface area contributed by atoms with Crippen molar-refractivity contribution in [2.75, 3.05) is 0 Å². The van der Waals surface area contributed by atoms with Crippen molar-refractivity contribution < 1.29 is 4.52 Å². The van der Waals surface area contributed by atoms with Crippen LogP contribution in [0.1, 0.15) is 0 Å². The van der Waals surface area contributed by atoms with Crippen molar-refractivity contribution in [3.8, 4) is 34.2 Å². The van der Waals surface area contributed by atoms with Crippen LogP contribution in [0.4, 0.5) is 0 Å². The third kappa shape index (κ3) is 3.07. The monoisotopic (exact) mass is 350 g/mol. The minimum atomic E-state index is -0.352. The number of nitrogens with one attached hydrogen (secondary N) is 1. The highest BCUT2D eigenvalue weighted by Crippen LogP contribution is 2.23. The molecule has 1 N–H and O–H groups in total. The summed E-state index contributed by atoms with van der Waals surface area (Å²) in [7, 11) is 0. The summed E-state index contributed by atoms with van der Waals surface area (Å²) in [6, 6.07) is 16.4. The molecule has 0 amide bonds. The fourth-order valence-corrected chi connectivity index (χ4v) is 2.56. The molecular formula is C18H11ClN4O2. The fourth-order valence-electron chi connectivity index (χ4n) is 2.37. The Morgan fingerprint density at radius 3 is 2.56 bits per heavy atom. The van der Waals surface area contributed by atoms with Crippen LogP contribution in [0, 0.1) is 0 Å². The lowest BCUT2D eigenvalue weighted by Gasteiger charge is -2.00. The van der Waals surface area contributed by atoms with Gasteiger partial charge >= 0.3 is 0 Å². The number of hydrogen-bond donors (Lipinski definition) is 1. The number of rotatable bonds is 3. The van der Waals surface area contributed by atoms with Gasteiger partial charge in [0.05, 0.1) is 0 Å². The Bertz CT molecular complexity index is 1090. The van der Waals surface area contributed by atoms with Gasteiger partial charge in [-0.3, -0.25) is 4.79 Å². The molecule has 0 aliphatic rings. The lowest BCUT2D eigenvalue weighted by atomic mass is 10.2. The van der Waals surface area contributed by atoms with Gasteiger partial charge in [0.1, 0.15) is 11.4 Å². The van der Waals surface area contributed by atoms with E-state index in [1.54, 1.807) is 18.2 Å². The van der Waals surface area contributed by atoms with E-state index >= 15 is 0 Å². The van der Waals surface area contributed by atoms with E-state index < -0.39 is 0 Å². The van der Waals surface area contributed by atoms with Crippen LogP contribution in [-0.4, -0.2) is 20.1 Å². The van der Waals surface area contributed by atoms with E-state index in [1.807, 2.05) is 36.4 Å². The molecule has 0 saturated carbocycles. The fraction of sp³-hybridized carbons (Fsp3) is 0. The normalized spacial score (nSPS) is 10.8. The maximum absolute atomic E-state index is 12.4. The molecule has 0 aliphatic heterocycles. The van der Waals surface area contributed by atoms with Gasteiger partial charge in [0.15, 0.2) is 0 Å². The summed E-state index contributed by atoms with van der Waals surface area (Å²) in [6.07, 6.45) is 1.43. The minimum Gasteiger partial charge on any atom is -0.333 e. The second-order valence-electron chi connectivity index (χ2n) is 5.27. The molecule has 7 heteroatoms. The summed E-state index contributed by atoms with van der Waals surface area (Å²) in [4.78, 5) is 23.6. The van der Waals surface area contributed by atoms with Gasteiger partial charge in [0.2, 0.25) is 5.82 Å². The van der Waals surface area contributed by atoms with E-state index in [1.165, 1.54) is 6.20 Å². The molecule has 25 heavy (non-hydrogen) atoms. The van der Waals surface area contributed by atoms with Crippen molar-refractivity contribution in [1.29, 1.82) is 0 Å². The highest BCUT2D eigenvalue weighted by molar-refractivity contribution is 6.30. The molecule has 0 unspecified atom stereocenters. The summed E-state index contributed by atoms with van der Waals surface area (Å²) in [5.74, 6) is 0.927. The van der Waals surface area contributed by atoms with Gasteiger partial charge in [-0.25, -0.2) is 4.98 Å².